The van der Waals surface area contributed by atoms with Crippen LogP contribution in [-0.2, 0) is 0 Å². The molecule has 1 aromatic carbocycles. The number of benzene rings is 1. The molecule has 1 atom stereocenters. The minimum absolute atomic E-state index is 0.0189. The zero-order valence-corrected chi connectivity index (χ0v) is 16.7. The zero-order valence-electron chi connectivity index (χ0n) is 16.7. The molecular weight excluding hydrogens is 380 g/mol. The standard InChI is InChI=1S/C21H27F2N3O3/c1-4-13(5-2)19(24)18-16(17(28)12-27)10-11-25-20(18)26-14-6-8-15(9-7-14)29-21(3,22)23/h6-11,13,17,24,27-28H,4-5,12H2,1-3H3,(H,25,26). The Labute approximate surface area is 169 Å². The number of pyridine rings is 1. The number of hydrogen-bond acceptors (Lipinski definition) is 6. The second kappa shape index (κ2) is 9.76. The predicted octanol–water partition coefficient (Wildman–Crippen LogP) is 4.65. The van der Waals surface area contributed by atoms with E-state index in [4.69, 9.17) is 5.41 Å². The molecule has 158 valence electrons. The molecule has 0 aliphatic heterocycles. The van der Waals surface area contributed by atoms with Crippen molar-refractivity contribution in [2.24, 2.45) is 5.92 Å². The summed E-state index contributed by atoms with van der Waals surface area (Å²) < 4.78 is 30.5. The van der Waals surface area contributed by atoms with E-state index in [9.17, 15) is 19.0 Å². The molecule has 0 bridgehead atoms. The molecule has 0 amide bonds. The maximum atomic E-state index is 13.0. The van der Waals surface area contributed by atoms with Gasteiger partial charge in [-0.1, -0.05) is 13.8 Å². The average Bonchev–Trinajstić information content (AvgIpc) is 2.68. The molecule has 4 N–H and O–H groups in total. The van der Waals surface area contributed by atoms with E-state index in [1.54, 1.807) is 18.2 Å². The fourth-order valence-corrected chi connectivity index (χ4v) is 3.08. The minimum atomic E-state index is -3.27. The van der Waals surface area contributed by atoms with E-state index < -0.39 is 18.8 Å². The lowest BCUT2D eigenvalue weighted by Crippen LogP contribution is -2.20. The molecule has 6 nitrogen and oxygen atoms in total. The molecular formula is C21H27F2N3O3. The molecule has 2 rings (SSSR count). The molecule has 1 heterocycles. The molecule has 0 spiro atoms. The largest absolute Gasteiger partial charge is 0.433 e. The number of aliphatic hydroxyl groups is 2. The van der Waals surface area contributed by atoms with E-state index >= 15 is 0 Å². The number of hydrogen-bond donors (Lipinski definition) is 4. The van der Waals surface area contributed by atoms with Crippen molar-refractivity contribution in [1.82, 2.24) is 4.98 Å². The van der Waals surface area contributed by atoms with Crippen molar-refractivity contribution < 1.29 is 23.7 Å². The van der Waals surface area contributed by atoms with Gasteiger partial charge in [0.15, 0.2) is 0 Å². The van der Waals surface area contributed by atoms with Crippen molar-refractivity contribution in [2.45, 2.75) is 45.8 Å². The third-order valence-corrected chi connectivity index (χ3v) is 4.59. The molecule has 29 heavy (non-hydrogen) atoms. The van der Waals surface area contributed by atoms with Gasteiger partial charge < -0.3 is 25.7 Å². The van der Waals surface area contributed by atoms with Crippen molar-refractivity contribution in [1.29, 1.82) is 5.41 Å². The Morgan fingerprint density at radius 1 is 1.21 bits per heavy atom. The van der Waals surface area contributed by atoms with Crippen LogP contribution < -0.4 is 10.1 Å². The van der Waals surface area contributed by atoms with Gasteiger partial charge in [-0.25, -0.2) is 4.98 Å². The SMILES string of the molecule is CCC(CC)C(=N)c1c(C(O)CO)ccnc1Nc1ccc(OC(C)(F)F)cc1. The molecule has 1 unspecified atom stereocenters. The van der Waals surface area contributed by atoms with E-state index in [0.29, 0.717) is 35.3 Å². The first-order valence-corrected chi connectivity index (χ1v) is 9.50. The Balaban J connectivity index is 2.40. The minimum Gasteiger partial charge on any atom is -0.433 e. The second-order valence-electron chi connectivity index (χ2n) is 6.81. The smallest absolute Gasteiger partial charge is 0.394 e. The van der Waals surface area contributed by atoms with E-state index in [2.05, 4.69) is 15.0 Å². The Kier molecular flexibility index (Phi) is 7.64. The summed E-state index contributed by atoms with van der Waals surface area (Å²) >= 11 is 0. The molecule has 0 saturated carbocycles. The first-order valence-electron chi connectivity index (χ1n) is 9.50. The summed E-state index contributed by atoms with van der Waals surface area (Å²) in [6.45, 7) is 4.15. The molecule has 8 heteroatoms. The van der Waals surface area contributed by atoms with Gasteiger partial charge in [-0.3, -0.25) is 0 Å². The third-order valence-electron chi connectivity index (χ3n) is 4.59. The summed E-state index contributed by atoms with van der Waals surface area (Å²) in [6.07, 6.45) is -1.45. The van der Waals surface area contributed by atoms with Crippen LogP contribution in [0.5, 0.6) is 5.75 Å². The van der Waals surface area contributed by atoms with Gasteiger partial charge in [-0.05, 0) is 48.7 Å². The summed E-state index contributed by atoms with van der Waals surface area (Å²) in [7, 11) is 0. The monoisotopic (exact) mass is 407 g/mol. The maximum Gasteiger partial charge on any atom is 0.394 e. The molecule has 0 fully saturated rings. The van der Waals surface area contributed by atoms with Gasteiger partial charge in [-0.15, -0.1) is 0 Å². The normalized spacial score (nSPS) is 12.7. The fourth-order valence-electron chi connectivity index (χ4n) is 3.08. The molecule has 0 aliphatic rings. The highest BCUT2D eigenvalue weighted by atomic mass is 19.3. The number of aliphatic hydroxyl groups excluding tert-OH is 2. The number of nitrogens with zero attached hydrogens (tertiary/aromatic N) is 1. The number of rotatable bonds is 10. The van der Waals surface area contributed by atoms with Gasteiger partial charge in [0.2, 0.25) is 0 Å². The van der Waals surface area contributed by atoms with Crippen molar-refractivity contribution >= 4 is 17.2 Å². The van der Waals surface area contributed by atoms with Crippen molar-refractivity contribution in [2.75, 3.05) is 11.9 Å². The van der Waals surface area contributed by atoms with Gasteiger partial charge in [0, 0.05) is 36.0 Å². The number of ether oxygens (including phenoxy) is 1. The Morgan fingerprint density at radius 2 is 1.83 bits per heavy atom. The lowest BCUT2D eigenvalue weighted by molar-refractivity contribution is -0.158. The first-order chi connectivity index (χ1) is 13.7. The van der Waals surface area contributed by atoms with Gasteiger partial charge >= 0.3 is 6.11 Å². The zero-order chi connectivity index (χ0) is 21.6. The number of aromatic nitrogens is 1. The molecule has 0 radical (unpaired) electrons. The maximum absolute atomic E-state index is 13.0. The quantitative estimate of drug-likeness (QED) is 0.430. The Morgan fingerprint density at radius 3 is 2.34 bits per heavy atom. The van der Waals surface area contributed by atoms with Crippen molar-refractivity contribution in [3.8, 4) is 5.75 Å². The van der Waals surface area contributed by atoms with Crippen LogP contribution in [0.1, 0.15) is 50.8 Å². The summed E-state index contributed by atoms with van der Waals surface area (Å²) in [4.78, 5) is 4.31. The van der Waals surface area contributed by atoms with E-state index in [-0.39, 0.29) is 11.7 Å². The number of halogens is 2. The lowest BCUT2D eigenvalue weighted by Gasteiger charge is -2.22. The van der Waals surface area contributed by atoms with Gasteiger partial charge in [0.1, 0.15) is 17.7 Å². The number of nitrogens with one attached hydrogen (secondary N) is 2. The van der Waals surface area contributed by atoms with Crippen LogP contribution in [0.25, 0.3) is 0 Å². The Bertz CT molecular complexity index is 819. The predicted molar refractivity (Wildman–Crippen MR) is 108 cm³/mol. The van der Waals surface area contributed by atoms with Crippen LogP contribution in [0, 0.1) is 11.3 Å². The van der Waals surface area contributed by atoms with Crippen LogP contribution in [0.4, 0.5) is 20.3 Å². The topological polar surface area (TPSA) is 98.5 Å². The van der Waals surface area contributed by atoms with E-state index in [1.807, 2.05) is 13.8 Å². The van der Waals surface area contributed by atoms with Crippen LogP contribution in [0.3, 0.4) is 0 Å². The second-order valence-corrected chi connectivity index (χ2v) is 6.81. The van der Waals surface area contributed by atoms with Crippen LogP contribution in [-0.4, -0.2) is 33.6 Å². The average molecular weight is 407 g/mol. The summed E-state index contributed by atoms with van der Waals surface area (Å²) in [6, 6.07) is 7.50. The molecule has 0 saturated heterocycles. The van der Waals surface area contributed by atoms with Crippen molar-refractivity contribution in [3.63, 3.8) is 0 Å². The van der Waals surface area contributed by atoms with E-state index in [0.717, 1.165) is 12.8 Å². The van der Waals surface area contributed by atoms with Crippen LogP contribution >= 0.6 is 0 Å². The highest BCUT2D eigenvalue weighted by molar-refractivity contribution is 6.05. The summed E-state index contributed by atoms with van der Waals surface area (Å²) in [5.41, 5.74) is 1.72. The van der Waals surface area contributed by atoms with Gasteiger partial charge in [0.05, 0.1) is 6.61 Å². The lowest BCUT2D eigenvalue weighted by atomic mass is 9.88. The first kappa shape index (κ1) is 22.7. The van der Waals surface area contributed by atoms with Crippen molar-refractivity contribution in [3.05, 3.63) is 47.7 Å². The van der Waals surface area contributed by atoms with E-state index in [1.165, 1.54) is 18.3 Å². The van der Waals surface area contributed by atoms with Gasteiger partial charge in [-0.2, -0.15) is 8.78 Å². The molecule has 1 aromatic heterocycles. The summed E-state index contributed by atoms with van der Waals surface area (Å²) in [5, 5.41) is 31.4. The molecule has 2 aromatic rings. The Hall–Kier alpha value is -2.58. The molecule has 0 aliphatic carbocycles. The highest BCUT2D eigenvalue weighted by Crippen LogP contribution is 2.31. The van der Waals surface area contributed by atoms with Crippen LogP contribution in [0.2, 0.25) is 0 Å². The third kappa shape index (κ3) is 5.95. The summed E-state index contributed by atoms with van der Waals surface area (Å²) in [5.74, 6) is 0.332. The van der Waals surface area contributed by atoms with Gasteiger partial charge in [0.25, 0.3) is 0 Å². The van der Waals surface area contributed by atoms with Crippen LogP contribution in [0.15, 0.2) is 36.5 Å². The number of anilines is 2. The highest BCUT2D eigenvalue weighted by Gasteiger charge is 2.24. The number of alkyl halides is 2. The fraction of sp³-hybridized carbons (Fsp3) is 0.429.